The molecule has 0 radical (unpaired) electrons. The van der Waals surface area contributed by atoms with Gasteiger partial charge in [-0.15, -0.1) is 0 Å². The molecule has 124 valence electrons. The predicted molar refractivity (Wildman–Crippen MR) is 83.2 cm³/mol. The van der Waals surface area contributed by atoms with Gasteiger partial charge in [0.05, 0.1) is 12.6 Å². The number of nitrogens with one attached hydrogen (secondary N) is 2. The van der Waals surface area contributed by atoms with Crippen LogP contribution in [-0.4, -0.2) is 35.1 Å². The summed E-state index contributed by atoms with van der Waals surface area (Å²) < 4.78 is 19.0. The van der Waals surface area contributed by atoms with Gasteiger partial charge < -0.3 is 20.1 Å². The Hall–Kier alpha value is -2.57. The molecule has 7 heteroatoms. The number of methoxy groups -OCH3 is 1. The van der Waals surface area contributed by atoms with E-state index in [1.165, 1.54) is 25.3 Å². The molecule has 0 aliphatic heterocycles. The zero-order valence-electron chi connectivity index (χ0n) is 13.1. The van der Waals surface area contributed by atoms with Crippen LogP contribution in [0.3, 0.4) is 0 Å². The maximum atomic E-state index is 13.8. The molecule has 2 atom stereocenters. The van der Waals surface area contributed by atoms with Gasteiger partial charge in [-0.25, -0.2) is 9.18 Å². The van der Waals surface area contributed by atoms with Crippen LogP contribution in [0.15, 0.2) is 18.2 Å². The van der Waals surface area contributed by atoms with Crippen LogP contribution in [0.5, 0.6) is 5.75 Å². The van der Waals surface area contributed by atoms with E-state index in [2.05, 4.69) is 10.3 Å². The average molecular weight is 322 g/mol. The lowest BCUT2D eigenvalue weighted by atomic mass is 9.99. The number of benzene rings is 1. The monoisotopic (exact) mass is 322 g/mol. The Morgan fingerprint density at radius 3 is 2.70 bits per heavy atom. The number of carbonyl (C=O) groups is 2. The standard InChI is InChI=1S/C16H19FN2O4/c1-4-8(2)13(16(21)22)19-15(20)11-7-9-12(23-3)6-5-10(17)14(9)18-11/h5-8,13,18H,4H2,1-3H3,(H,19,20)(H,21,22). The molecule has 0 aliphatic rings. The van der Waals surface area contributed by atoms with E-state index < -0.39 is 23.7 Å². The minimum Gasteiger partial charge on any atom is -0.496 e. The molecular formula is C16H19FN2O4. The Morgan fingerprint density at radius 2 is 2.13 bits per heavy atom. The number of carboxylic acid groups (broad SMARTS) is 1. The summed E-state index contributed by atoms with van der Waals surface area (Å²) >= 11 is 0. The molecule has 6 nitrogen and oxygen atoms in total. The van der Waals surface area contributed by atoms with Crippen LogP contribution in [0.1, 0.15) is 30.8 Å². The molecule has 2 unspecified atom stereocenters. The van der Waals surface area contributed by atoms with E-state index in [-0.39, 0.29) is 17.1 Å². The van der Waals surface area contributed by atoms with Gasteiger partial charge in [-0.05, 0) is 24.1 Å². The first-order valence-corrected chi connectivity index (χ1v) is 7.27. The highest BCUT2D eigenvalue weighted by atomic mass is 19.1. The highest BCUT2D eigenvalue weighted by Gasteiger charge is 2.26. The summed E-state index contributed by atoms with van der Waals surface area (Å²) in [6.45, 7) is 3.59. The van der Waals surface area contributed by atoms with Crippen LogP contribution in [0.25, 0.3) is 10.9 Å². The van der Waals surface area contributed by atoms with Gasteiger partial charge in [-0.2, -0.15) is 0 Å². The summed E-state index contributed by atoms with van der Waals surface area (Å²) in [5, 5.41) is 12.1. The van der Waals surface area contributed by atoms with Crippen LogP contribution in [-0.2, 0) is 4.79 Å². The van der Waals surface area contributed by atoms with Crippen molar-refractivity contribution in [3.8, 4) is 5.75 Å². The van der Waals surface area contributed by atoms with Gasteiger partial charge in [-0.1, -0.05) is 20.3 Å². The summed E-state index contributed by atoms with van der Waals surface area (Å²) in [5.74, 6) is -2.03. The molecule has 23 heavy (non-hydrogen) atoms. The molecular weight excluding hydrogens is 303 g/mol. The fraction of sp³-hybridized carbons (Fsp3) is 0.375. The van der Waals surface area contributed by atoms with Crippen molar-refractivity contribution < 1.29 is 23.8 Å². The van der Waals surface area contributed by atoms with Crippen molar-refractivity contribution in [1.29, 1.82) is 0 Å². The summed E-state index contributed by atoms with van der Waals surface area (Å²) in [6.07, 6.45) is 0.604. The Balaban J connectivity index is 2.34. The third kappa shape index (κ3) is 3.28. The van der Waals surface area contributed by atoms with Crippen molar-refractivity contribution in [2.75, 3.05) is 7.11 Å². The van der Waals surface area contributed by atoms with Crippen molar-refractivity contribution in [3.63, 3.8) is 0 Å². The highest BCUT2D eigenvalue weighted by Crippen LogP contribution is 2.28. The van der Waals surface area contributed by atoms with Crippen LogP contribution in [0.4, 0.5) is 4.39 Å². The number of fused-ring (bicyclic) bond motifs is 1. The number of hydrogen-bond acceptors (Lipinski definition) is 3. The number of rotatable bonds is 6. The largest absolute Gasteiger partial charge is 0.496 e. The number of halogens is 1. The van der Waals surface area contributed by atoms with Crippen LogP contribution < -0.4 is 10.1 Å². The zero-order valence-corrected chi connectivity index (χ0v) is 13.1. The lowest BCUT2D eigenvalue weighted by Crippen LogP contribution is -2.45. The van der Waals surface area contributed by atoms with Crippen molar-refractivity contribution in [2.24, 2.45) is 5.92 Å². The zero-order chi connectivity index (χ0) is 17.1. The van der Waals surface area contributed by atoms with E-state index in [1.54, 1.807) is 6.92 Å². The number of amides is 1. The van der Waals surface area contributed by atoms with Crippen molar-refractivity contribution in [2.45, 2.75) is 26.3 Å². The number of aromatic nitrogens is 1. The topological polar surface area (TPSA) is 91.4 Å². The molecule has 0 saturated heterocycles. The molecule has 2 rings (SSSR count). The van der Waals surface area contributed by atoms with E-state index in [0.29, 0.717) is 17.6 Å². The van der Waals surface area contributed by atoms with Crippen molar-refractivity contribution in [1.82, 2.24) is 10.3 Å². The first-order chi connectivity index (χ1) is 10.9. The van der Waals surface area contributed by atoms with Crippen LogP contribution in [0, 0.1) is 11.7 Å². The number of hydrogen-bond donors (Lipinski definition) is 3. The SMILES string of the molecule is CCC(C)C(NC(=O)c1cc2c(OC)ccc(F)c2[nH]1)C(=O)O. The molecule has 1 aromatic heterocycles. The van der Waals surface area contributed by atoms with Gasteiger partial charge in [0.25, 0.3) is 5.91 Å². The third-order valence-electron chi connectivity index (χ3n) is 3.93. The number of ether oxygens (including phenoxy) is 1. The summed E-state index contributed by atoms with van der Waals surface area (Å²) in [4.78, 5) is 26.3. The van der Waals surface area contributed by atoms with Crippen molar-refractivity contribution in [3.05, 3.63) is 29.7 Å². The fourth-order valence-electron chi connectivity index (χ4n) is 2.36. The normalized spacial score (nSPS) is 13.6. The molecule has 2 aromatic rings. The quantitative estimate of drug-likeness (QED) is 0.762. The van der Waals surface area contributed by atoms with Crippen LogP contribution in [0.2, 0.25) is 0 Å². The van der Waals surface area contributed by atoms with Crippen LogP contribution >= 0.6 is 0 Å². The van der Waals surface area contributed by atoms with Gasteiger partial charge >= 0.3 is 5.97 Å². The molecule has 0 fully saturated rings. The lowest BCUT2D eigenvalue weighted by Gasteiger charge is -2.19. The molecule has 0 saturated carbocycles. The Kier molecular flexibility index (Phi) is 4.88. The van der Waals surface area contributed by atoms with Gasteiger partial charge in [0.2, 0.25) is 0 Å². The third-order valence-corrected chi connectivity index (χ3v) is 3.93. The second-order valence-electron chi connectivity index (χ2n) is 5.40. The van der Waals surface area contributed by atoms with Gasteiger partial charge in [0.15, 0.2) is 0 Å². The number of carbonyl (C=O) groups excluding carboxylic acids is 1. The van der Waals surface area contributed by atoms with E-state index in [4.69, 9.17) is 4.74 Å². The number of aromatic amines is 1. The lowest BCUT2D eigenvalue weighted by molar-refractivity contribution is -0.140. The maximum absolute atomic E-state index is 13.8. The number of carboxylic acids is 1. The number of H-pyrrole nitrogens is 1. The smallest absolute Gasteiger partial charge is 0.326 e. The van der Waals surface area contributed by atoms with E-state index >= 15 is 0 Å². The minimum atomic E-state index is -1.10. The molecule has 0 bridgehead atoms. The Morgan fingerprint density at radius 1 is 1.43 bits per heavy atom. The minimum absolute atomic E-state index is 0.0814. The molecule has 3 N–H and O–H groups in total. The predicted octanol–water partition coefficient (Wildman–Crippen LogP) is 2.54. The summed E-state index contributed by atoms with van der Waals surface area (Å²) in [6, 6.07) is 3.14. The fourth-order valence-corrected chi connectivity index (χ4v) is 2.36. The highest BCUT2D eigenvalue weighted by molar-refractivity contribution is 6.01. The maximum Gasteiger partial charge on any atom is 0.326 e. The molecule has 0 spiro atoms. The average Bonchev–Trinajstić information content (AvgIpc) is 2.98. The molecule has 0 aliphatic carbocycles. The van der Waals surface area contributed by atoms with Gasteiger partial charge in [-0.3, -0.25) is 4.79 Å². The van der Waals surface area contributed by atoms with Gasteiger partial charge in [0.1, 0.15) is 23.3 Å². The Labute approximate surface area is 132 Å². The first kappa shape index (κ1) is 16.8. The van der Waals surface area contributed by atoms with Gasteiger partial charge in [0, 0.05) is 5.39 Å². The molecule has 1 amide bonds. The Bertz CT molecular complexity index is 741. The second-order valence-corrected chi connectivity index (χ2v) is 5.40. The first-order valence-electron chi connectivity index (χ1n) is 7.27. The summed E-state index contributed by atoms with van der Waals surface area (Å²) in [7, 11) is 1.45. The van der Waals surface area contributed by atoms with E-state index in [0.717, 1.165) is 0 Å². The van der Waals surface area contributed by atoms with E-state index in [9.17, 15) is 19.1 Å². The summed E-state index contributed by atoms with van der Waals surface area (Å²) in [5.41, 5.74) is 0.225. The molecule has 1 aromatic carbocycles. The number of aliphatic carboxylic acids is 1. The second kappa shape index (κ2) is 6.68. The van der Waals surface area contributed by atoms with E-state index in [1.807, 2.05) is 6.92 Å². The molecule has 1 heterocycles. The van der Waals surface area contributed by atoms with Crippen molar-refractivity contribution >= 4 is 22.8 Å².